The lowest BCUT2D eigenvalue weighted by Crippen LogP contribution is -2.46. The lowest BCUT2D eigenvalue weighted by molar-refractivity contribution is -0.134. The molecule has 39 heavy (non-hydrogen) atoms. The Bertz CT molecular complexity index is 1020. The molecular formula is C27H37BF3N3O5. The molecule has 1 saturated heterocycles. The third-order valence-corrected chi connectivity index (χ3v) is 6.31. The van der Waals surface area contributed by atoms with Gasteiger partial charge in [-0.25, -0.2) is 4.85 Å². The van der Waals surface area contributed by atoms with Gasteiger partial charge >= 0.3 is 13.3 Å². The van der Waals surface area contributed by atoms with Crippen molar-refractivity contribution in [1.82, 2.24) is 10.2 Å². The second kappa shape index (κ2) is 14.6. The highest BCUT2D eigenvalue weighted by Gasteiger charge is 2.35. The minimum Gasteiger partial charge on any atom is -0.427 e. The maximum absolute atomic E-state index is 13.0. The first-order chi connectivity index (χ1) is 18.2. The molecule has 0 bridgehead atoms. The predicted molar refractivity (Wildman–Crippen MR) is 141 cm³/mol. The molecule has 3 atom stereocenters. The van der Waals surface area contributed by atoms with E-state index in [4.69, 9.17) is 11.3 Å². The zero-order valence-corrected chi connectivity index (χ0v) is 22.6. The number of nitrogens with one attached hydrogen (secondary N) is 1. The molecular weight excluding hydrogens is 514 g/mol. The molecule has 0 saturated carbocycles. The summed E-state index contributed by atoms with van der Waals surface area (Å²) in [6.07, 6.45) is -1.90. The smallest absolute Gasteiger partial charge is 0.427 e. The van der Waals surface area contributed by atoms with Crippen LogP contribution in [-0.4, -0.2) is 78.3 Å². The third kappa shape index (κ3) is 11.5. The number of Topliss-reactive ketones (excluding diaryl/α,β-unsaturated/α-hetero) is 1. The van der Waals surface area contributed by atoms with Crippen LogP contribution in [0.25, 0.3) is 4.85 Å². The highest BCUT2D eigenvalue weighted by Crippen LogP contribution is 2.25. The minimum atomic E-state index is -4.57. The molecule has 0 aromatic heterocycles. The van der Waals surface area contributed by atoms with Crippen LogP contribution in [0.2, 0.25) is 5.82 Å². The molecule has 8 nitrogen and oxygen atoms in total. The Hall–Kier alpha value is -2.72. The summed E-state index contributed by atoms with van der Waals surface area (Å²) in [5, 5.41) is 21.8. The number of alkyl halides is 3. The number of carbonyl (C=O) groups is 2. The van der Waals surface area contributed by atoms with Crippen LogP contribution in [0, 0.1) is 12.0 Å². The fraction of sp³-hybridized carbons (Fsp3) is 0.593. The van der Waals surface area contributed by atoms with E-state index < -0.39 is 43.4 Å². The summed E-state index contributed by atoms with van der Waals surface area (Å²) in [5.41, 5.74) is 0.380. The van der Waals surface area contributed by atoms with E-state index in [1.807, 2.05) is 20.8 Å². The van der Waals surface area contributed by atoms with Crippen LogP contribution in [-0.2, 0) is 20.7 Å². The molecule has 214 valence electrons. The number of hydrogen-bond donors (Lipinski definition) is 3. The number of hydrogen-bond acceptors (Lipinski definition) is 6. The Kier molecular flexibility index (Phi) is 12.2. The number of amides is 1. The topological polar surface area (TPSA) is 103 Å². The van der Waals surface area contributed by atoms with Gasteiger partial charge in [0.15, 0.2) is 5.78 Å². The highest BCUT2D eigenvalue weighted by atomic mass is 19.4. The van der Waals surface area contributed by atoms with Gasteiger partial charge in [-0.1, -0.05) is 57.2 Å². The summed E-state index contributed by atoms with van der Waals surface area (Å²) in [6, 6.07) is 7.10. The first-order valence-electron chi connectivity index (χ1n) is 12.9. The van der Waals surface area contributed by atoms with Crippen molar-refractivity contribution in [2.45, 2.75) is 70.5 Å². The summed E-state index contributed by atoms with van der Waals surface area (Å²) < 4.78 is 44.4. The van der Waals surface area contributed by atoms with Crippen molar-refractivity contribution in [2.24, 2.45) is 5.41 Å². The molecule has 3 N–H and O–H groups in total. The quantitative estimate of drug-likeness (QED) is 0.197. The molecule has 1 heterocycles. The van der Waals surface area contributed by atoms with Crippen molar-refractivity contribution >= 4 is 18.8 Å². The number of likely N-dealkylation sites (tertiary alicyclic amines) is 1. The van der Waals surface area contributed by atoms with Gasteiger partial charge in [0.2, 0.25) is 5.70 Å². The van der Waals surface area contributed by atoms with Crippen LogP contribution < -0.4 is 5.32 Å². The Morgan fingerprint density at radius 1 is 1.26 bits per heavy atom. The second-order valence-corrected chi connectivity index (χ2v) is 10.9. The summed E-state index contributed by atoms with van der Waals surface area (Å²) in [6.45, 7) is 11.6. The zero-order valence-electron chi connectivity index (χ0n) is 22.6. The van der Waals surface area contributed by atoms with Crippen molar-refractivity contribution in [2.75, 3.05) is 26.3 Å². The van der Waals surface area contributed by atoms with Crippen LogP contribution in [0.5, 0.6) is 0 Å². The fourth-order valence-electron chi connectivity index (χ4n) is 4.40. The highest BCUT2D eigenvalue weighted by molar-refractivity contribution is 6.43. The Morgan fingerprint density at radius 2 is 1.92 bits per heavy atom. The fourth-order valence-corrected chi connectivity index (χ4v) is 4.40. The number of benzene rings is 1. The molecule has 0 radical (unpaired) electrons. The van der Waals surface area contributed by atoms with E-state index in [0.717, 1.165) is 5.56 Å². The molecule has 0 unspecified atom stereocenters. The molecule has 1 aromatic rings. The van der Waals surface area contributed by atoms with Gasteiger partial charge in [-0.15, -0.1) is 0 Å². The zero-order chi connectivity index (χ0) is 29.2. The molecule has 1 amide bonds. The van der Waals surface area contributed by atoms with Gasteiger partial charge in [0, 0.05) is 18.8 Å². The second-order valence-electron chi connectivity index (χ2n) is 10.9. The number of ketones is 1. The Balaban J connectivity index is 2.06. The summed E-state index contributed by atoms with van der Waals surface area (Å²) in [4.78, 5) is 30.9. The van der Waals surface area contributed by atoms with Crippen LogP contribution in [0.3, 0.4) is 0 Å². The van der Waals surface area contributed by atoms with Crippen molar-refractivity contribution in [3.05, 3.63) is 59.1 Å². The molecule has 2 rings (SSSR count). The molecule has 1 aromatic carbocycles. The first-order valence-corrected chi connectivity index (χ1v) is 12.9. The lowest BCUT2D eigenvalue weighted by Gasteiger charge is -2.27. The summed E-state index contributed by atoms with van der Waals surface area (Å²) in [7, 11) is -1.84. The standard InChI is InChI=1S/C27H37BF3N3O5/c1-26(2,3)15-22(32-4)25(36)34-12-8-11-21(34)16-39-17-23(33-18-27(29,30)31)24(35)14-20(28(37)38)13-19-9-6-5-7-10-19/h5-7,9-10,15,20-21,23,33,37-38H,8,11-14,16-18H2,1-3H3/t20-,21-,23+/m1/s1. The largest absolute Gasteiger partial charge is 0.455 e. The minimum absolute atomic E-state index is 0.00122. The van der Waals surface area contributed by atoms with E-state index in [1.54, 1.807) is 36.4 Å². The van der Waals surface area contributed by atoms with E-state index in [2.05, 4.69) is 10.2 Å². The SMILES string of the molecule is [C-]#[N+]C(=CC(C)(C)C)C(=O)N1CCC[C@@H]1COC[C@H](NCC(F)(F)F)C(=O)C[C@@H](Cc1ccccc1)B(O)O. The van der Waals surface area contributed by atoms with Crippen LogP contribution in [0.4, 0.5) is 13.2 Å². The van der Waals surface area contributed by atoms with Crippen molar-refractivity contribution in [3.63, 3.8) is 0 Å². The molecule has 12 heteroatoms. The normalized spacial score (nSPS) is 18.0. The van der Waals surface area contributed by atoms with E-state index in [9.17, 15) is 32.8 Å². The number of halogens is 3. The number of carbonyl (C=O) groups excluding carboxylic acids is 2. The van der Waals surface area contributed by atoms with E-state index in [-0.39, 0.29) is 43.2 Å². The average Bonchev–Trinajstić information content (AvgIpc) is 3.31. The monoisotopic (exact) mass is 551 g/mol. The van der Waals surface area contributed by atoms with Crippen LogP contribution in [0.1, 0.15) is 45.6 Å². The third-order valence-electron chi connectivity index (χ3n) is 6.31. The molecule has 1 fully saturated rings. The predicted octanol–water partition coefficient (Wildman–Crippen LogP) is 3.41. The maximum Gasteiger partial charge on any atom is 0.455 e. The van der Waals surface area contributed by atoms with Crippen molar-refractivity contribution in [3.8, 4) is 0 Å². The maximum atomic E-state index is 13.0. The van der Waals surface area contributed by atoms with Gasteiger partial charge in [-0.05, 0) is 30.2 Å². The molecule has 0 spiro atoms. The number of rotatable bonds is 13. The van der Waals surface area contributed by atoms with E-state index >= 15 is 0 Å². The Labute approximate surface area is 228 Å². The number of ether oxygens (including phenoxy) is 1. The van der Waals surface area contributed by atoms with Gasteiger partial charge in [0.25, 0.3) is 5.91 Å². The van der Waals surface area contributed by atoms with Gasteiger partial charge in [0.1, 0.15) is 0 Å². The summed E-state index contributed by atoms with van der Waals surface area (Å²) >= 11 is 0. The molecule has 1 aliphatic heterocycles. The van der Waals surface area contributed by atoms with E-state index in [1.165, 1.54) is 4.90 Å². The average molecular weight is 551 g/mol. The Morgan fingerprint density at radius 3 is 2.49 bits per heavy atom. The first kappa shape index (κ1) is 32.5. The van der Waals surface area contributed by atoms with E-state index in [0.29, 0.717) is 19.4 Å². The van der Waals surface area contributed by atoms with Gasteiger partial charge in [-0.2, -0.15) is 13.2 Å². The van der Waals surface area contributed by atoms with Gasteiger partial charge in [-0.3, -0.25) is 14.9 Å². The summed E-state index contributed by atoms with van der Waals surface area (Å²) in [5.74, 6) is -1.98. The van der Waals surface area contributed by atoms with Gasteiger partial charge < -0.3 is 19.7 Å². The molecule has 0 aliphatic carbocycles. The van der Waals surface area contributed by atoms with Crippen LogP contribution in [0.15, 0.2) is 42.1 Å². The lowest BCUT2D eigenvalue weighted by atomic mass is 9.66. The van der Waals surface area contributed by atoms with Crippen LogP contribution >= 0.6 is 0 Å². The number of allylic oxidation sites excluding steroid dienone is 1. The van der Waals surface area contributed by atoms with Gasteiger partial charge in [0.05, 0.1) is 38.4 Å². The molecule has 1 aliphatic rings. The van der Waals surface area contributed by atoms with Crippen molar-refractivity contribution < 1.29 is 37.5 Å². The number of nitrogens with zero attached hydrogens (tertiary/aromatic N) is 2. The van der Waals surface area contributed by atoms with Crippen molar-refractivity contribution in [1.29, 1.82) is 0 Å².